The van der Waals surface area contributed by atoms with Gasteiger partial charge in [0.1, 0.15) is 22.7 Å². The molecule has 0 unspecified atom stereocenters. The highest BCUT2D eigenvalue weighted by Crippen LogP contribution is 2.35. The summed E-state index contributed by atoms with van der Waals surface area (Å²) >= 11 is 0. The van der Waals surface area contributed by atoms with E-state index in [-0.39, 0.29) is 23.5 Å². The van der Waals surface area contributed by atoms with Crippen LogP contribution < -0.4 is 16.2 Å². The first-order chi connectivity index (χ1) is 16.6. The summed E-state index contributed by atoms with van der Waals surface area (Å²) in [6.45, 7) is 6.48. The molecule has 1 aliphatic heterocycles. The zero-order valence-electron chi connectivity index (χ0n) is 20.2. The molecule has 0 bridgehead atoms. The number of nitrogen functional groups attached to an aromatic ring is 1. The molecule has 3 aromatic rings. The third-order valence-corrected chi connectivity index (χ3v) is 5.68. The zero-order valence-corrected chi connectivity index (χ0v) is 20.2. The molecule has 1 fully saturated rings. The summed E-state index contributed by atoms with van der Waals surface area (Å²) in [5, 5.41) is 4.47. The number of anilines is 1. The summed E-state index contributed by atoms with van der Waals surface area (Å²) < 4.78 is 13.2. The predicted molar refractivity (Wildman–Crippen MR) is 133 cm³/mol. The summed E-state index contributed by atoms with van der Waals surface area (Å²) in [5.41, 5.74) is 12.6. The normalized spacial score (nSPS) is 16.1. The summed E-state index contributed by atoms with van der Waals surface area (Å²) in [4.78, 5) is 26.7. The summed E-state index contributed by atoms with van der Waals surface area (Å²) in [7, 11) is 0. The van der Waals surface area contributed by atoms with Gasteiger partial charge in [0.2, 0.25) is 0 Å². The Morgan fingerprint density at radius 1 is 1.03 bits per heavy atom. The number of primary amides is 1. The molecule has 9 heteroatoms. The fourth-order valence-corrected chi connectivity index (χ4v) is 4.19. The van der Waals surface area contributed by atoms with E-state index < -0.39 is 11.5 Å². The number of benzene rings is 2. The highest BCUT2D eigenvalue weighted by atomic mass is 16.6. The molecule has 1 saturated heterocycles. The van der Waals surface area contributed by atoms with Crippen molar-refractivity contribution in [1.82, 2.24) is 14.7 Å². The Morgan fingerprint density at radius 2 is 1.69 bits per heavy atom. The van der Waals surface area contributed by atoms with Crippen molar-refractivity contribution in [2.75, 3.05) is 18.8 Å². The summed E-state index contributed by atoms with van der Waals surface area (Å²) in [6.07, 6.45) is 1.15. The maximum absolute atomic E-state index is 12.7. The van der Waals surface area contributed by atoms with Crippen LogP contribution in [0.25, 0.3) is 11.3 Å². The minimum Gasteiger partial charge on any atom is -0.457 e. The smallest absolute Gasteiger partial charge is 0.410 e. The molecule has 9 nitrogen and oxygen atoms in total. The van der Waals surface area contributed by atoms with Crippen molar-refractivity contribution in [2.24, 2.45) is 5.73 Å². The molecule has 1 atom stereocenters. The van der Waals surface area contributed by atoms with Crippen LogP contribution in [0.5, 0.6) is 11.5 Å². The number of aromatic nitrogens is 2. The first kappa shape index (κ1) is 24.1. The standard InChI is InChI=1S/C26H31N5O4/c1-26(2,3)35-25(33)30-15-7-8-18(16-30)31-22(21(24(28)32)23(27)29-31)17-11-13-20(14-12-17)34-19-9-5-4-6-10-19/h4-6,9-14,18H,7-8,15-16H2,1-3H3,(H2,27,29)(H2,28,32)/t18-/m1/s1. The molecule has 184 valence electrons. The van der Waals surface area contributed by atoms with E-state index in [9.17, 15) is 9.59 Å². The molecular weight excluding hydrogens is 446 g/mol. The monoisotopic (exact) mass is 477 g/mol. The van der Waals surface area contributed by atoms with Crippen LogP contribution in [0.2, 0.25) is 0 Å². The fourth-order valence-electron chi connectivity index (χ4n) is 4.19. The molecule has 0 spiro atoms. The highest BCUT2D eigenvalue weighted by Gasteiger charge is 2.32. The molecule has 35 heavy (non-hydrogen) atoms. The zero-order chi connectivity index (χ0) is 25.2. The van der Waals surface area contributed by atoms with E-state index >= 15 is 0 Å². The second-order valence-electron chi connectivity index (χ2n) is 9.58. The van der Waals surface area contributed by atoms with Crippen molar-refractivity contribution in [3.05, 3.63) is 60.2 Å². The van der Waals surface area contributed by atoms with Gasteiger partial charge in [-0.15, -0.1) is 0 Å². The Bertz CT molecular complexity index is 1200. The number of rotatable bonds is 5. The van der Waals surface area contributed by atoms with Gasteiger partial charge >= 0.3 is 6.09 Å². The molecule has 4 N–H and O–H groups in total. The first-order valence-electron chi connectivity index (χ1n) is 11.6. The number of likely N-dealkylation sites (tertiary alicyclic amines) is 1. The molecule has 0 aliphatic carbocycles. The molecular formula is C26H31N5O4. The minimum absolute atomic E-state index is 0.0616. The second-order valence-corrected chi connectivity index (χ2v) is 9.58. The lowest BCUT2D eigenvalue weighted by Gasteiger charge is -2.34. The van der Waals surface area contributed by atoms with E-state index in [0.29, 0.717) is 24.5 Å². The maximum Gasteiger partial charge on any atom is 0.410 e. The van der Waals surface area contributed by atoms with Crippen LogP contribution in [0.4, 0.5) is 10.6 Å². The van der Waals surface area contributed by atoms with Gasteiger partial charge in [-0.3, -0.25) is 9.48 Å². The lowest BCUT2D eigenvalue weighted by atomic mass is 10.0. The second kappa shape index (κ2) is 9.69. The van der Waals surface area contributed by atoms with E-state index in [2.05, 4.69) is 5.10 Å². The number of hydrogen-bond acceptors (Lipinski definition) is 6. The number of hydrogen-bond donors (Lipinski definition) is 2. The van der Waals surface area contributed by atoms with Gasteiger partial charge in [0.25, 0.3) is 5.91 Å². The average molecular weight is 478 g/mol. The molecule has 0 radical (unpaired) electrons. The van der Waals surface area contributed by atoms with Crippen molar-refractivity contribution < 1.29 is 19.1 Å². The van der Waals surface area contributed by atoms with Crippen LogP contribution in [0.15, 0.2) is 54.6 Å². The lowest BCUT2D eigenvalue weighted by molar-refractivity contribution is 0.0168. The average Bonchev–Trinajstić information content (AvgIpc) is 3.16. The van der Waals surface area contributed by atoms with Crippen LogP contribution in [-0.2, 0) is 4.74 Å². The number of nitrogens with zero attached hydrogens (tertiary/aromatic N) is 3. The van der Waals surface area contributed by atoms with Gasteiger partial charge in [0, 0.05) is 18.7 Å². The number of para-hydroxylation sites is 1. The predicted octanol–water partition coefficient (Wildman–Crippen LogP) is 4.60. The van der Waals surface area contributed by atoms with E-state index in [1.807, 2.05) is 75.4 Å². The van der Waals surface area contributed by atoms with Crippen LogP contribution in [0, 0.1) is 0 Å². The maximum atomic E-state index is 12.7. The van der Waals surface area contributed by atoms with Crippen molar-refractivity contribution in [2.45, 2.75) is 45.3 Å². The summed E-state index contributed by atoms with van der Waals surface area (Å²) in [5.74, 6) is 0.768. The van der Waals surface area contributed by atoms with Crippen molar-refractivity contribution in [3.8, 4) is 22.8 Å². The number of nitrogens with two attached hydrogens (primary N) is 2. The van der Waals surface area contributed by atoms with Crippen molar-refractivity contribution >= 4 is 17.8 Å². The Morgan fingerprint density at radius 3 is 2.31 bits per heavy atom. The lowest BCUT2D eigenvalue weighted by Crippen LogP contribution is -2.43. The van der Waals surface area contributed by atoms with Crippen LogP contribution >= 0.6 is 0 Å². The Balaban J connectivity index is 1.64. The van der Waals surface area contributed by atoms with Crippen molar-refractivity contribution in [1.29, 1.82) is 0 Å². The quantitative estimate of drug-likeness (QED) is 0.553. The van der Waals surface area contributed by atoms with Gasteiger partial charge in [-0.25, -0.2) is 4.79 Å². The SMILES string of the molecule is CC(C)(C)OC(=O)N1CCC[C@@H](n2nc(N)c(C(N)=O)c2-c2ccc(Oc3ccccc3)cc2)C1. The molecule has 2 aromatic carbocycles. The topological polar surface area (TPSA) is 126 Å². The Kier molecular flexibility index (Phi) is 6.68. The fraction of sp³-hybridized carbons (Fsp3) is 0.346. The third kappa shape index (κ3) is 5.56. The van der Waals surface area contributed by atoms with Gasteiger partial charge in [0.15, 0.2) is 5.82 Å². The van der Waals surface area contributed by atoms with Gasteiger partial charge < -0.3 is 25.8 Å². The number of piperidine rings is 1. The highest BCUT2D eigenvalue weighted by molar-refractivity contribution is 6.03. The van der Waals surface area contributed by atoms with Gasteiger partial charge in [-0.2, -0.15) is 5.10 Å². The Labute approximate surface area is 204 Å². The van der Waals surface area contributed by atoms with E-state index in [0.717, 1.165) is 24.2 Å². The number of amides is 2. The summed E-state index contributed by atoms with van der Waals surface area (Å²) in [6, 6.07) is 16.6. The minimum atomic E-state index is -0.659. The van der Waals surface area contributed by atoms with Gasteiger partial charge in [-0.1, -0.05) is 18.2 Å². The molecule has 2 heterocycles. The molecule has 1 aromatic heterocycles. The molecule has 4 rings (SSSR count). The van der Waals surface area contributed by atoms with Crippen LogP contribution in [0.1, 0.15) is 50.0 Å². The molecule has 2 amide bonds. The number of ether oxygens (including phenoxy) is 2. The van der Waals surface area contributed by atoms with Crippen LogP contribution in [-0.4, -0.2) is 45.4 Å². The van der Waals surface area contributed by atoms with Crippen molar-refractivity contribution in [3.63, 3.8) is 0 Å². The van der Waals surface area contributed by atoms with E-state index in [4.69, 9.17) is 20.9 Å². The number of carbonyl (C=O) groups excluding carboxylic acids is 2. The van der Waals surface area contributed by atoms with Gasteiger partial charge in [0.05, 0.1) is 11.7 Å². The Hall–Kier alpha value is -4.01. The van der Waals surface area contributed by atoms with E-state index in [1.165, 1.54) is 0 Å². The largest absolute Gasteiger partial charge is 0.457 e. The molecule has 0 saturated carbocycles. The van der Waals surface area contributed by atoms with Crippen LogP contribution in [0.3, 0.4) is 0 Å². The van der Waals surface area contributed by atoms with E-state index in [1.54, 1.807) is 9.58 Å². The number of carbonyl (C=O) groups is 2. The van der Waals surface area contributed by atoms with Gasteiger partial charge in [-0.05, 0) is 70.0 Å². The molecule has 1 aliphatic rings. The third-order valence-electron chi connectivity index (χ3n) is 5.68. The first-order valence-corrected chi connectivity index (χ1v) is 11.6.